The van der Waals surface area contributed by atoms with Crippen LogP contribution in [0.5, 0.6) is 11.5 Å². The van der Waals surface area contributed by atoms with Gasteiger partial charge in [0, 0.05) is 17.5 Å². The van der Waals surface area contributed by atoms with Crippen molar-refractivity contribution in [3.63, 3.8) is 0 Å². The first kappa shape index (κ1) is 16.4. The summed E-state index contributed by atoms with van der Waals surface area (Å²) in [5.41, 5.74) is 1.50. The van der Waals surface area contributed by atoms with Crippen molar-refractivity contribution in [2.24, 2.45) is 4.99 Å². The largest absolute Gasteiger partial charge is 0.497 e. The molecule has 0 N–H and O–H groups in total. The summed E-state index contributed by atoms with van der Waals surface area (Å²) in [6.07, 6.45) is 0. The maximum Gasteiger partial charge on any atom is 0.146 e. The van der Waals surface area contributed by atoms with Crippen molar-refractivity contribution in [2.45, 2.75) is 0 Å². The maximum absolute atomic E-state index is 6.08. The van der Waals surface area contributed by atoms with E-state index in [0.717, 1.165) is 32.7 Å². The fourth-order valence-electron chi connectivity index (χ4n) is 2.76. The van der Waals surface area contributed by atoms with E-state index >= 15 is 0 Å². The van der Waals surface area contributed by atoms with Crippen LogP contribution in [0.1, 0.15) is 0 Å². The third-order valence-electron chi connectivity index (χ3n) is 4.04. The highest BCUT2D eigenvalue weighted by atomic mass is 32.1. The molecule has 4 aromatic rings. The van der Waals surface area contributed by atoms with E-state index in [1.165, 1.54) is 0 Å². The van der Waals surface area contributed by atoms with E-state index in [-0.39, 0.29) is 0 Å². The van der Waals surface area contributed by atoms with Crippen LogP contribution in [0.3, 0.4) is 0 Å². The van der Waals surface area contributed by atoms with Crippen LogP contribution in [-0.2, 0) is 0 Å². The molecule has 0 aliphatic carbocycles. The molecule has 0 saturated carbocycles. The Bertz CT molecular complexity index is 1110. The number of thiophene rings is 1. The van der Waals surface area contributed by atoms with Gasteiger partial charge in [-0.15, -0.1) is 11.3 Å². The number of fused-ring (bicyclic) bond motifs is 1. The normalized spacial score (nSPS) is 11.7. The fraction of sp³-hybridized carbons (Fsp3) is 0.0952. The van der Waals surface area contributed by atoms with Crippen molar-refractivity contribution in [1.29, 1.82) is 0 Å². The van der Waals surface area contributed by atoms with E-state index in [1.807, 2.05) is 66.0 Å². The van der Waals surface area contributed by atoms with Crippen molar-refractivity contribution >= 4 is 28.0 Å². The molecule has 4 rings (SSSR count). The van der Waals surface area contributed by atoms with E-state index < -0.39 is 0 Å². The van der Waals surface area contributed by atoms with Gasteiger partial charge in [0.25, 0.3) is 0 Å². The third-order valence-corrected chi connectivity index (χ3v) is 4.93. The Hall–Kier alpha value is -3.05. The molecule has 0 saturated heterocycles. The average molecular weight is 363 g/mol. The number of rotatable bonds is 4. The van der Waals surface area contributed by atoms with Crippen LogP contribution in [-0.4, -0.2) is 14.2 Å². The number of para-hydroxylation sites is 1. The zero-order valence-electron chi connectivity index (χ0n) is 14.4. The summed E-state index contributed by atoms with van der Waals surface area (Å²) in [4.78, 5) is 5.92. The lowest BCUT2D eigenvalue weighted by atomic mass is 10.2. The topological polar surface area (TPSA) is 44.0 Å². The van der Waals surface area contributed by atoms with Gasteiger partial charge in [0.15, 0.2) is 0 Å². The molecule has 130 valence electrons. The van der Waals surface area contributed by atoms with Crippen LogP contribution in [0.2, 0.25) is 0 Å². The third kappa shape index (κ3) is 3.09. The van der Waals surface area contributed by atoms with E-state index in [4.69, 9.17) is 18.9 Å². The molecule has 0 spiro atoms. The summed E-state index contributed by atoms with van der Waals surface area (Å²) in [7, 11) is 3.27. The first-order valence-electron chi connectivity index (χ1n) is 8.12. The minimum Gasteiger partial charge on any atom is -0.497 e. The van der Waals surface area contributed by atoms with Crippen LogP contribution >= 0.6 is 11.3 Å². The molecule has 0 amide bonds. The predicted molar refractivity (Wildman–Crippen MR) is 104 cm³/mol. The molecule has 0 radical (unpaired) electrons. The minimum absolute atomic E-state index is 0.688. The van der Waals surface area contributed by atoms with Gasteiger partial charge in [0.1, 0.15) is 28.5 Å². The molecular weight excluding hydrogens is 346 g/mol. The Balaban J connectivity index is 2.00. The van der Waals surface area contributed by atoms with E-state index in [0.29, 0.717) is 11.4 Å². The molecule has 0 aliphatic heterocycles. The minimum atomic E-state index is 0.688. The number of benzene rings is 2. The smallest absolute Gasteiger partial charge is 0.146 e. The average Bonchev–Trinajstić information content (AvgIpc) is 3.22. The van der Waals surface area contributed by atoms with Gasteiger partial charge in [-0.05, 0) is 35.7 Å². The molecule has 0 unspecified atom stereocenters. The van der Waals surface area contributed by atoms with Gasteiger partial charge in [-0.25, -0.2) is 4.99 Å². The lowest BCUT2D eigenvalue weighted by molar-refractivity contribution is 0.404. The first-order valence-corrected chi connectivity index (χ1v) is 9.00. The van der Waals surface area contributed by atoms with Crippen LogP contribution in [0.15, 0.2) is 75.5 Å². The van der Waals surface area contributed by atoms with E-state index in [1.54, 1.807) is 25.6 Å². The molecule has 4 nitrogen and oxygen atoms in total. The van der Waals surface area contributed by atoms with Crippen LogP contribution in [0, 0.1) is 0 Å². The van der Waals surface area contributed by atoms with Gasteiger partial charge in [0.05, 0.1) is 24.5 Å². The van der Waals surface area contributed by atoms with Crippen molar-refractivity contribution in [2.75, 3.05) is 14.2 Å². The van der Waals surface area contributed by atoms with Gasteiger partial charge in [-0.1, -0.05) is 18.2 Å². The molecule has 2 aromatic carbocycles. The highest BCUT2D eigenvalue weighted by Crippen LogP contribution is 2.32. The first-order chi connectivity index (χ1) is 12.8. The van der Waals surface area contributed by atoms with Crippen molar-refractivity contribution in [1.82, 2.24) is 0 Å². The molecule has 5 heteroatoms. The predicted octanol–water partition coefficient (Wildman–Crippen LogP) is 5.41. The molecule has 2 aromatic heterocycles. The van der Waals surface area contributed by atoms with Crippen molar-refractivity contribution in [3.05, 3.63) is 71.4 Å². The molecular formula is C21H17NO3S. The number of methoxy groups -OCH3 is 2. The fourth-order valence-corrected chi connectivity index (χ4v) is 3.44. The molecule has 0 atom stereocenters. The SMILES string of the molecule is COc1ccc(OC)c(N=c2cc(-c3cccs3)oc3ccccc23)c1. The molecule has 0 bridgehead atoms. The standard InChI is InChI=1S/C21H17NO3S/c1-23-14-9-10-19(24-2)17(12-14)22-16-13-20(21-8-5-11-26-21)25-18-7-4-3-6-15(16)18/h3-13H,1-2H3. The second-order valence-corrected chi connectivity index (χ2v) is 6.57. The zero-order valence-corrected chi connectivity index (χ0v) is 15.2. The van der Waals surface area contributed by atoms with Crippen LogP contribution in [0.25, 0.3) is 21.6 Å². The van der Waals surface area contributed by atoms with Gasteiger partial charge in [-0.2, -0.15) is 0 Å². The number of nitrogens with zero attached hydrogens (tertiary/aromatic N) is 1. The lowest BCUT2D eigenvalue weighted by Crippen LogP contribution is -2.03. The summed E-state index contributed by atoms with van der Waals surface area (Å²) in [5.74, 6) is 2.21. The van der Waals surface area contributed by atoms with E-state index in [2.05, 4.69) is 0 Å². The quantitative estimate of drug-likeness (QED) is 0.487. The van der Waals surface area contributed by atoms with E-state index in [9.17, 15) is 0 Å². The number of ether oxygens (including phenoxy) is 2. The number of hydrogen-bond donors (Lipinski definition) is 0. The Morgan fingerprint density at radius 1 is 0.923 bits per heavy atom. The molecule has 0 aliphatic rings. The zero-order chi connectivity index (χ0) is 17.9. The lowest BCUT2D eigenvalue weighted by Gasteiger charge is -2.07. The van der Waals surface area contributed by atoms with Crippen LogP contribution < -0.4 is 14.8 Å². The second-order valence-electron chi connectivity index (χ2n) is 5.62. The highest BCUT2D eigenvalue weighted by Gasteiger charge is 2.08. The Labute approximate surface area is 155 Å². The van der Waals surface area contributed by atoms with Crippen LogP contribution in [0.4, 0.5) is 5.69 Å². The Morgan fingerprint density at radius 3 is 2.58 bits per heavy atom. The molecule has 2 heterocycles. The summed E-state index contributed by atoms with van der Waals surface area (Å²) in [6, 6.07) is 19.5. The molecule has 26 heavy (non-hydrogen) atoms. The van der Waals surface area contributed by atoms with Gasteiger partial charge < -0.3 is 13.9 Å². The van der Waals surface area contributed by atoms with Crippen molar-refractivity contribution < 1.29 is 13.9 Å². The monoisotopic (exact) mass is 363 g/mol. The maximum atomic E-state index is 6.08. The Kier molecular flexibility index (Phi) is 4.46. The second kappa shape index (κ2) is 7.06. The van der Waals surface area contributed by atoms with Gasteiger partial charge in [-0.3, -0.25) is 0 Å². The molecule has 0 fully saturated rings. The Morgan fingerprint density at radius 2 is 1.81 bits per heavy atom. The van der Waals surface area contributed by atoms with Crippen molar-refractivity contribution in [3.8, 4) is 22.1 Å². The summed E-state index contributed by atoms with van der Waals surface area (Å²) < 4.78 is 16.9. The summed E-state index contributed by atoms with van der Waals surface area (Å²) in [6.45, 7) is 0. The van der Waals surface area contributed by atoms with Gasteiger partial charge in [0.2, 0.25) is 0 Å². The highest BCUT2D eigenvalue weighted by molar-refractivity contribution is 7.13. The summed E-state index contributed by atoms with van der Waals surface area (Å²) in [5, 5.41) is 3.79. The van der Waals surface area contributed by atoms with Gasteiger partial charge >= 0.3 is 0 Å². The number of hydrogen-bond acceptors (Lipinski definition) is 5. The summed E-state index contributed by atoms with van der Waals surface area (Å²) >= 11 is 1.63.